The average Bonchev–Trinajstić information content (AvgIpc) is 3.63. The lowest BCUT2D eigenvalue weighted by atomic mass is 9.70. The van der Waals surface area contributed by atoms with E-state index in [0.717, 1.165) is 12.8 Å². The molecule has 4 N–H and O–H groups in total. The van der Waals surface area contributed by atoms with Gasteiger partial charge >= 0.3 is 0 Å². The van der Waals surface area contributed by atoms with E-state index < -0.39 is 24.0 Å². The Kier molecular flexibility index (Phi) is 8.14. The number of pyridine rings is 1. The van der Waals surface area contributed by atoms with Gasteiger partial charge < -0.3 is 16.1 Å². The first-order valence-corrected chi connectivity index (χ1v) is 14.3. The Balaban J connectivity index is 1.53. The molecule has 5 rings (SSSR count). The third kappa shape index (κ3) is 5.65. The first-order chi connectivity index (χ1) is 20.0. The van der Waals surface area contributed by atoms with Gasteiger partial charge in [-0.3, -0.25) is 9.99 Å². The van der Waals surface area contributed by atoms with E-state index in [9.17, 15) is 18.4 Å². The molecule has 0 unspecified atom stereocenters. The molecule has 12 heteroatoms. The van der Waals surface area contributed by atoms with Crippen molar-refractivity contribution in [1.29, 1.82) is 5.26 Å². The first-order valence-electron chi connectivity index (χ1n) is 13.9. The number of hydrazine groups is 2. The van der Waals surface area contributed by atoms with Crippen molar-refractivity contribution >= 4 is 39.6 Å². The second kappa shape index (κ2) is 11.5. The number of rotatable bonds is 11. The largest absolute Gasteiger partial charge is 0.383 e. The highest BCUT2D eigenvalue weighted by molar-refractivity contribution is 6.35. The molecule has 3 aliphatic rings. The molecule has 0 radical (unpaired) electrons. The number of nitrogens with one attached hydrogen (secondary N) is 4. The number of fused-ring (bicyclic) bond motifs is 1. The van der Waals surface area contributed by atoms with Crippen LogP contribution in [0.5, 0.6) is 0 Å². The van der Waals surface area contributed by atoms with Gasteiger partial charge in [0.25, 0.3) is 6.43 Å². The zero-order valence-corrected chi connectivity index (χ0v) is 24.5. The third-order valence-electron chi connectivity index (χ3n) is 8.48. The molecule has 42 heavy (non-hydrogen) atoms. The summed E-state index contributed by atoms with van der Waals surface area (Å²) in [5.74, 6) is -0.671. The van der Waals surface area contributed by atoms with E-state index in [1.165, 1.54) is 30.6 Å². The smallest absolute Gasteiger partial charge is 0.262 e. The lowest BCUT2D eigenvalue weighted by molar-refractivity contribution is 0.00912. The van der Waals surface area contributed by atoms with Crippen LogP contribution in [0.4, 0.5) is 24.5 Å². The lowest BCUT2D eigenvalue weighted by Crippen LogP contribution is -2.48. The highest BCUT2D eigenvalue weighted by Crippen LogP contribution is 2.47. The van der Waals surface area contributed by atoms with E-state index in [-0.39, 0.29) is 5.41 Å². The summed E-state index contributed by atoms with van der Waals surface area (Å²) in [7, 11) is 0. The van der Waals surface area contributed by atoms with Crippen LogP contribution in [0.2, 0.25) is 5.02 Å². The van der Waals surface area contributed by atoms with E-state index in [2.05, 4.69) is 51.1 Å². The molecule has 2 saturated carbocycles. The minimum atomic E-state index is -2.54. The van der Waals surface area contributed by atoms with E-state index in [0.29, 0.717) is 69.2 Å². The summed E-state index contributed by atoms with van der Waals surface area (Å²) < 4.78 is 41.8. The Morgan fingerprint density at radius 1 is 1.33 bits per heavy atom. The molecule has 0 spiro atoms. The number of hydrogen-bond donors (Lipinski definition) is 4. The molecule has 1 aromatic heterocycles. The Morgan fingerprint density at radius 3 is 2.67 bits per heavy atom. The molecule has 0 amide bonds. The molecule has 8 nitrogen and oxygen atoms in total. The van der Waals surface area contributed by atoms with Crippen LogP contribution in [0.3, 0.4) is 0 Å². The summed E-state index contributed by atoms with van der Waals surface area (Å²) in [6, 6.07) is 5.03. The van der Waals surface area contributed by atoms with Gasteiger partial charge in [-0.15, -0.1) is 5.53 Å². The number of nitrogens with zero attached hydrogens (tertiary/aromatic N) is 4. The predicted octanol–water partition coefficient (Wildman–Crippen LogP) is 6.95. The van der Waals surface area contributed by atoms with Gasteiger partial charge in [-0.2, -0.15) is 9.65 Å². The Bertz CT molecular complexity index is 1540. The van der Waals surface area contributed by atoms with Crippen LogP contribution in [0, 0.1) is 16.7 Å². The number of aliphatic imine (C=N–C) groups is 1. The number of hydrogen-bond acceptors (Lipinski definition) is 8. The minimum absolute atomic E-state index is 0.153. The summed E-state index contributed by atoms with van der Waals surface area (Å²) in [4.78, 5) is 8.42. The number of nitriles is 1. The molecule has 222 valence electrons. The second-order valence-corrected chi connectivity index (χ2v) is 11.9. The van der Waals surface area contributed by atoms with Crippen LogP contribution in [0.1, 0.15) is 58.4 Å². The topological polar surface area (TPSA) is 100 Å². The van der Waals surface area contributed by atoms with Crippen LogP contribution >= 0.6 is 11.6 Å². The van der Waals surface area contributed by atoms with Gasteiger partial charge in [0.05, 0.1) is 33.5 Å². The van der Waals surface area contributed by atoms with Crippen LogP contribution in [0.15, 0.2) is 59.4 Å². The van der Waals surface area contributed by atoms with Gasteiger partial charge in [-0.1, -0.05) is 31.5 Å². The zero-order valence-electron chi connectivity index (χ0n) is 23.8. The Morgan fingerprint density at radius 2 is 2.07 bits per heavy atom. The molecular formula is C30H34ClF3N8. The maximum atomic E-state index is 14.1. The summed E-state index contributed by atoms with van der Waals surface area (Å²) >= 11 is 6.71. The van der Waals surface area contributed by atoms with Crippen molar-refractivity contribution in [3.05, 3.63) is 65.0 Å². The summed E-state index contributed by atoms with van der Waals surface area (Å²) in [6.07, 6.45) is 5.86. The fourth-order valence-corrected chi connectivity index (χ4v) is 5.58. The highest BCUT2D eigenvalue weighted by Gasteiger charge is 2.56. The molecule has 2 aliphatic carbocycles. The standard InChI is InChI=1S/C30H34ClF3N8/c1-5-24(32)38-18(3)17(2)25(23-15-42(41-40-23)30(9-10-30)28(33)34)39-20-11-21-26(37-16-29(4)7-6-8-29)19(13-35)14-36-27(21)22(31)12-20/h5,11-12,14-15,25,28,39-41H,2,6-10,16H2,1,3-4H3,(H,36,37)/b24-5-,38-18?/t25-/m0/s1. The number of alkyl halides is 2. The molecule has 1 aromatic carbocycles. The minimum Gasteiger partial charge on any atom is -0.383 e. The molecule has 1 aliphatic heterocycles. The fourth-order valence-electron chi connectivity index (χ4n) is 5.31. The van der Waals surface area contributed by atoms with Crippen LogP contribution in [0.25, 0.3) is 10.9 Å². The van der Waals surface area contributed by atoms with Crippen molar-refractivity contribution in [2.24, 2.45) is 10.4 Å². The van der Waals surface area contributed by atoms with Gasteiger partial charge in [0.15, 0.2) is 0 Å². The van der Waals surface area contributed by atoms with Crippen LogP contribution in [-0.2, 0) is 0 Å². The predicted molar refractivity (Wildman–Crippen MR) is 161 cm³/mol. The SMILES string of the molecule is C=C(C(C)=N/C(F)=C\C)[C@H](Nc1cc(Cl)c2ncc(C#N)c(NCC3(C)CCC3)c2c1)C1=CN(C2(C(F)F)CC2)NN1. The number of allylic oxidation sites excluding steroid dienone is 1. The van der Waals surface area contributed by atoms with Gasteiger partial charge in [0.2, 0.25) is 5.95 Å². The normalized spacial score (nSPS) is 20.0. The average molecular weight is 599 g/mol. The molecule has 1 atom stereocenters. The van der Waals surface area contributed by atoms with E-state index in [1.54, 1.807) is 19.2 Å². The molecular weight excluding hydrogens is 565 g/mol. The number of benzene rings is 1. The monoisotopic (exact) mass is 598 g/mol. The summed E-state index contributed by atoms with van der Waals surface area (Å²) in [6.45, 7) is 10.2. The van der Waals surface area contributed by atoms with Crippen LogP contribution in [-0.4, -0.2) is 40.3 Å². The first kappa shape index (κ1) is 29.7. The van der Waals surface area contributed by atoms with Crippen molar-refractivity contribution in [3.8, 4) is 6.07 Å². The van der Waals surface area contributed by atoms with Gasteiger partial charge in [-0.05, 0) is 68.7 Å². The Hall–Kier alpha value is -3.75. The van der Waals surface area contributed by atoms with Crippen molar-refractivity contribution in [1.82, 2.24) is 21.0 Å². The van der Waals surface area contributed by atoms with Crippen molar-refractivity contribution in [2.45, 2.75) is 70.9 Å². The molecule has 2 heterocycles. The van der Waals surface area contributed by atoms with Crippen molar-refractivity contribution in [2.75, 3.05) is 17.2 Å². The maximum absolute atomic E-state index is 14.1. The number of anilines is 2. The fraction of sp³-hybridized carbons (Fsp3) is 0.433. The molecule has 0 bridgehead atoms. The van der Waals surface area contributed by atoms with Crippen LogP contribution < -0.4 is 21.6 Å². The summed E-state index contributed by atoms with van der Waals surface area (Å²) in [5, 5.41) is 19.1. The summed E-state index contributed by atoms with van der Waals surface area (Å²) in [5.41, 5.74) is 8.01. The third-order valence-corrected chi connectivity index (χ3v) is 8.77. The van der Waals surface area contributed by atoms with E-state index in [1.807, 2.05) is 6.07 Å². The number of halogens is 4. The molecule has 2 fully saturated rings. The second-order valence-electron chi connectivity index (χ2n) is 11.5. The maximum Gasteiger partial charge on any atom is 0.262 e. The van der Waals surface area contributed by atoms with Crippen molar-refractivity contribution in [3.63, 3.8) is 0 Å². The van der Waals surface area contributed by atoms with E-state index >= 15 is 0 Å². The number of aromatic nitrogens is 1. The quantitative estimate of drug-likeness (QED) is 0.164. The van der Waals surface area contributed by atoms with Gasteiger partial charge in [0, 0.05) is 35.7 Å². The van der Waals surface area contributed by atoms with Crippen molar-refractivity contribution < 1.29 is 13.2 Å². The lowest BCUT2D eigenvalue weighted by Gasteiger charge is -2.38. The van der Waals surface area contributed by atoms with Gasteiger partial charge in [0.1, 0.15) is 11.6 Å². The molecule has 2 aromatic rings. The molecule has 0 saturated heterocycles. The van der Waals surface area contributed by atoms with Gasteiger partial charge in [-0.25, -0.2) is 13.8 Å². The Labute approximate surface area is 248 Å². The zero-order chi connectivity index (χ0) is 30.2. The van der Waals surface area contributed by atoms with E-state index in [4.69, 9.17) is 11.6 Å². The highest BCUT2D eigenvalue weighted by atomic mass is 35.5.